The number of hydrogen-bond acceptors (Lipinski definition) is 4. The molecule has 2 fully saturated rings. The van der Waals surface area contributed by atoms with Crippen molar-refractivity contribution in [2.45, 2.75) is 38.1 Å². The number of likely N-dealkylation sites (tertiary alicyclic amines) is 1. The number of thiazole rings is 1. The number of piperidine rings is 1. The number of amides is 1. The van der Waals surface area contributed by atoms with Crippen LogP contribution in [0.15, 0.2) is 36.1 Å². The predicted molar refractivity (Wildman–Crippen MR) is 102 cm³/mol. The standard InChI is InChI=1S/C20H22N4OS/c25-20(15-5-6-17-18(10-15)26-13-22-17)24-8-1-2-16(12-24)19-21-7-9-23(19)11-14-3-4-14/h5-7,9-10,13-14,16H,1-4,8,11-12H2. The maximum Gasteiger partial charge on any atom is 0.253 e. The van der Waals surface area contributed by atoms with E-state index < -0.39 is 0 Å². The van der Waals surface area contributed by atoms with Crippen molar-refractivity contribution in [3.05, 3.63) is 47.5 Å². The van der Waals surface area contributed by atoms with Gasteiger partial charge in [-0.15, -0.1) is 11.3 Å². The van der Waals surface area contributed by atoms with Gasteiger partial charge in [0.25, 0.3) is 5.91 Å². The molecule has 0 bridgehead atoms. The molecule has 1 aromatic carbocycles. The fraction of sp³-hybridized carbons (Fsp3) is 0.450. The van der Waals surface area contributed by atoms with Gasteiger partial charge in [0, 0.05) is 43.5 Å². The van der Waals surface area contributed by atoms with Crippen LogP contribution in [0.3, 0.4) is 0 Å². The fourth-order valence-electron chi connectivity index (χ4n) is 3.96. The van der Waals surface area contributed by atoms with Crippen LogP contribution in [0, 0.1) is 5.92 Å². The third-order valence-corrected chi connectivity index (χ3v) is 6.34. The zero-order chi connectivity index (χ0) is 17.5. The highest BCUT2D eigenvalue weighted by atomic mass is 32.1. The van der Waals surface area contributed by atoms with Crippen molar-refractivity contribution in [2.24, 2.45) is 5.92 Å². The summed E-state index contributed by atoms with van der Waals surface area (Å²) in [5, 5.41) is 0. The number of fused-ring (bicyclic) bond motifs is 1. The first-order chi connectivity index (χ1) is 12.8. The van der Waals surface area contributed by atoms with Gasteiger partial charge in [-0.3, -0.25) is 4.79 Å². The van der Waals surface area contributed by atoms with Gasteiger partial charge in [0.05, 0.1) is 15.7 Å². The molecule has 26 heavy (non-hydrogen) atoms. The van der Waals surface area contributed by atoms with Crippen molar-refractivity contribution in [3.63, 3.8) is 0 Å². The van der Waals surface area contributed by atoms with Crippen LogP contribution in [0.2, 0.25) is 0 Å². The Morgan fingerprint density at radius 2 is 2.15 bits per heavy atom. The number of rotatable bonds is 4. The first kappa shape index (κ1) is 16.0. The van der Waals surface area contributed by atoms with E-state index in [2.05, 4.69) is 20.7 Å². The van der Waals surface area contributed by atoms with Crippen molar-refractivity contribution in [1.29, 1.82) is 0 Å². The van der Waals surface area contributed by atoms with Crippen molar-refractivity contribution >= 4 is 27.5 Å². The average Bonchev–Trinajstić information content (AvgIpc) is 3.17. The summed E-state index contributed by atoms with van der Waals surface area (Å²) in [5.74, 6) is 2.46. The normalized spacial score (nSPS) is 20.6. The number of carbonyl (C=O) groups is 1. The second-order valence-electron chi connectivity index (χ2n) is 7.51. The molecule has 3 aromatic rings. The van der Waals surface area contributed by atoms with Gasteiger partial charge in [-0.05, 0) is 49.8 Å². The lowest BCUT2D eigenvalue weighted by Gasteiger charge is -2.32. The van der Waals surface area contributed by atoms with Gasteiger partial charge in [-0.25, -0.2) is 9.97 Å². The van der Waals surface area contributed by atoms with Gasteiger partial charge in [-0.1, -0.05) is 0 Å². The predicted octanol–water partition coefficient (Wildman–Crippen LogP) is 3.92. The van der Waals surface area contributed by atoms with Crippen LogP contribution in [0.5, 0.6) is 0 Å². The maximum absolute atomic E-state index is 13.0. The molecule has 0 spiro atoms. The Bertz CT molecular complexity index is 942. The number of aromatic nitrogens is 3. The van der Waals surface area contributed by atoms with E-state index in [-0.39, 0.29) is 5.91 Å². The third kappa shape index (κ3) is 3.03. The highest BCUT2D eigenvalue weighted by molar-refractivity contribution is 7.16. The minimum absolute atomic E-state index is 0.130. The molecular weight excluding hydrogens is 344 g/mol. The zero-order valence-electron chi connectivity index (χ0n) is 14.7. The van der Waals surface area contributed by atoms with Crippen LogP contribution >= 0.6 is 11.3 Å². The quantitative estimate of drug-likeness (QED) is 0.703. The molecule has 1 amide bonds. The summed E-state index contributed by atoms with van der Waals surface area (Å²) >= 11 is 1.58. The summed E-state index contributed by atoms with van der Waals surface area (Å²) < 4.78 is 3.39. The van der Waals surface area contributed by atoms with E-state index >= 15 is 0 Å². The first-order valence-corrected chi connectivity index (χ1v) is 10.3. The highest BCUT2D eigenvalue weighted by Gasteiger charge is 2.29. The smallest absolute Gasteiger partial charge is 0.253 e. The molecule has 1 atom stereocenters. The molecule has 5 nitrogen and oxygen atoms in total. The maximum atomic E-state index is 13.0. The molecule has 0 radical (unpaired) electrons. The van der Waals surface area contributed by atoms with Gasteiger partial charge in [0.1, 0.15) is 5.82 Å². The second kappa shape index (κ2) is 6.50. The summed E-state index contributed by atoms with van der Waals surface area (Å²) in [4.78, 5) is 24.0. The lowest BCUT2D eigenvalue weighted by atomic mass is 9.96. The SMILES string of the molecule is O=C(c1ccc2ncsc2c1)N1CCCC(c2nccn2CC2CC2)C1. The Labute approximate surface area is 156 Å². The first-order valence-electron chi connectivity index (χ1n) is 9.41. The Morgan fingerprint density at radius 1 is 1.23 bits per heavy atom. The van der Waals surface area contributed by atoms with Crippen LogP contribution in [-0.4, -0.2) is 38.4 Å². The molecule has 134 valence electrons. The Hall–Kier alpha value is -2.21. The fourth-order valence-corrected chi connectivity index (χ4v) is 4.67. The number of hydrogen-bond donors (Lipinski definition) is 0. The summed E-state index contributed by atoms with van der Waals surface area (Å²) in [5.41, 5.74) is 3.56. The topological polar surface area (TPSA) is 51.0 Å². The molecule has 1 saturated heterocycles. The van der Waals surface area contributed by atoms with Gasteiger partial charge < -0.3 is 9.47 Å². The van der Waals surface area contributed by atoms with Gasteiger partial charge >= 0.3 is 0 Å². The molecule has 5 rings (SSSR count). The highest BCUT2D eigenvalue weighted by Crippen LogP contribution is 2.33. The third-order valence-electron chi connectivity index (χ3n) is 5.55. The van der Waals surface area contributed by atoms with E-state index in [9.17, 15) is 4.79 Å². The summed E-state index contributed by atoms with van der Waals surface area (Å²) in [6.45, 7) is 2.68. The average molecular weight is 366 g/mol. The molecule has 2 aromatic heterocycles. The number of nitrogens with zero attached hydrogens (tertiary/aromatic N) is 4. The zero-order valence-corrected chi connectivity index (χ0v) is 15.5. The summed E-state index contributed by atoms with van der Waals surface area (Å²) in [6, 6.07) is 5.83. The van der Waals surface area contributed by atoms with E-state index in [0.29, 0.717) is 5.92 Å². The van der Waals surface area contributed by atoms with Crippen LogP contribution in [-0.2, 0) is 6.54 Å². The van der Waals surface area contributed by atoms with Crippen LogP contribution < -0.4 is 0 Å². The molecule has 1 unspecified atom stereocenters. The van der Waals surface area contributed by atoms with Crippen LogP contribution in [0.1, 0.15) is 47.8 Å². The Morgan fingerprint density at radius 3 is 3.04 bits per heavy atom. The Kier molecular flexibility index (Phi) is 4.00. The minimum Gasteiger partial charge on any atom is -0.338 e. The van der Waals surface area contributed by atoms with Gasteiger partial charge in [0.15, 0.2) is 0 Å². The van der Waals surface area contributed by atoms with E-state index in [4.69, 9.17) is 0 Å². The number of carbonyl (C=O) groups excluding carboxylic acids is 1. The van der Waals surface area contributed by atoms with Crippen molar-refractivity contribution in [1.82, 2.24) is 19.4 Å². The second-order valence-corrected chi connectivity index (χ2v) is 8.39. The van der Waals surface area contributed by atoms with Crippen molar-refractivity contribution < 1.29 is 4.79 Å². The van der Waals surface area contributed by atoms with E-state index in [1.54, 1.807) is 11.3 Å². The molecule has 1 saturated carbocycles. The van der Waals surface area contributed by atoms with Crippen molar-refractivity contribution in [2.75, 3.05) is 13.1 Å². The van der Waals surface area contributed by atoms with E-state index in [1.165, 1.54) is 12.8 Å². The molecule has 0 N–H and O–H groups in total. The largest absolute Gasteiger partial charge is 0.338 e. The lowest BCUT2D eigenvalue weighted by molar-refractivity contribution is 0.0703. The summed E-state index contributed by atoms with van der Waals surface area (Å²) in [6.07, 6.45) is 8.84. The van der Waals surface area contributed by atoms with E-state index in [0.717, 1.165) is 60.0 Å². The monoisotopic (exact) mass is 366 g/mol. The molecule has 1 aliphatic heterocycles. The summed E-state index contributed by atoms with van der Waals surface area (Å²) in [7, 11) is 0. The molecule has 3 heterocycles. The van der Waals surface area contributed by atoms with Crippen molar-refractivity contribution in [3.8, 4) is 0 Å². The molecule has 6 heteroatoms. The van der Waals surface area contributed by atoms with Crippen LogP contribution in [0.4, 0.5) is 0 Å². The Balaban J connectivity index is 1.35. The molecular formula is C20H22N4OS. The molecule has 2 aliphatic rings. The lowest BCUT2D eigenvalue weighted by Crippen LogP contribution is -2.39. The van der Waals surface area contributed by atoms with Gasteiger partial charge in [-0.2, -0.15) is 0 Å². The van der Waals surface area contributed by atoms with Gasteiger partial charge in [0.2, 0.25) is 0 Å². The number of benzene rings is 1. The molecule has 1 aliphatic carbocycles. The van der Waals surface area contributed by atoms with Crippen LogP contribution in [0.25, 0.3) is 10.2 Å². The van der Waals surface area contributed by atoms with E-state index in [1.807, 2.05) is 34.8 Å². The number of imidazole rings is 1. The minimum atomic E-state index is 0.130.